The molecule has 0 spiro atoms. The fourth-order valence-electron chi connectivity index (χ4n) is 3.98. The van der Waals surface area contributed by atoms with Gasteiger partial charge in [-0.2, -0.15) is 13.2 Å². The Morgan fingerprint density at radius 3 is 2.26 bits per heavy atom. The van der Waals surface area contributed by atoms with Crippen molar-refractivity contribution < 1.29 is 13.2 Å². The molecule has 3 aromatic carbocycles. The number of alkyl halides is 3. The molecule has 0 fully saturated rings. The van der Waals surface area contributed by atoms with E-state index in [1.165, 1.54) is 23.3 Å². The lowest BCUT2D eigenvalue weighted by Crippen LogP contribution is -2.30. The summed E-state index contributed by atoms with van der Waals surface area (Å²) in [6.45, 7) is 2.90. The summed E-state index contributed by atoms with van der Waals surface area (Å²) in [4.78, 5) is 6.78. The predicted molar refractivity (Wildman–Crippen MR) is 128 cm³/mol. The Morgan fingerprint density at radius 2 is 1.62 bits per heavy atom. The third-order valence-electron chi connectivity index (χ3n) is 5.90. The number of rotatable bonds is 3. The van der Waals surface area contributed by atoms with Crippen LogP contribution in [0.2, 0.25) is 0 Å². The second-order valence-corrected chi connectivity index (χ2v) is 8.34. The summed E-state index contributed by atoms with van der Waals surface area (Å²) in [6.07, 6.45) is 0.598. The van der Waals surface area contributed by atoms with Crippen LogP contribution < -0.4 is 0 Å². The molecule has 1 aliphatic heterocycles. The number of nitrogens with zero attached hydrogens (tertiary/aromatic N) is 3. The zero-order valence-corrected chi connectivity index (χ0v) is 18.9. The maximum Gasteiger partial charge on any atom is 0.416 e. The highest BCUT2D eigenvalue weighted by Gasteiger charge is 2.29. The third-order valence-corrected chi connectivity index (χ3v) is 5.90. The van der Waals surface area contributed by atoms with E-state index in [0.29, 0.717) is 5.69 Å². The van der Waals surface area contributed by atoms with Gasteiger partial charge in [-0.05, 0) is 40.8 Å². The number of aryl methyl sites for hydroxylation is 1. The maximum atomic E-state index is 12.3. The smallest absolute Gasteiger partial charge is 0.416 e. The Hall–Kier alpha value is -3.58. The molecule has 1 N–H and O–H groups in total. The molecule has 0 amide bonds. The van der Waals surface area contributed by atoms with Crippen LogP contribution in [0.5, 0.6) is 0 Å². The molecule has 1 aliphatic rings. The standard InChI is InChI=1S/C14H17N4.C13H9F3/c1-17-7-5-16-14(17)10-18-6-4-11-8-13(15)3-2-12(11)9-18;14-13(15,16)12-8-6-11(7-9-12)10-4-2-1-3-5-10/h2-3,5,7-8,15H,4,6,9-10H2,1H3;1-9H/q-1;. The first-order chi connectivity index (χ1) is 16.3. The molecule has 0 bridgehead atoms. The molecule has 5 rings (SSSR count). The molecule has 4 aromatic rings. The molecular weight excluding hydrogens is 437 g/mol. The molecule has 0 radical (unpaired) electrons. The van der Waals surface area contributed by atoms with Crippen molar-refractivity contribution in [2.45, 2.75) is 25.7 Å². The molecule has 0 saturated carbocycles. The summed E-state index contributed by atoms with van der Waals surface area (Å²) >= 11 is 0. The Balaban J connectivity index is 0.000000162. The van der Waals surface area contributed by atoms with Gasteiger partial charge in [-0.3, -0.25) is 4.90 Å². The minimum Gasteiger partial charge on any atom is -0.699 e. The first kappa shape index (κ1) is 23.6. The van der Waals surface area contributed by atoms with E-state index >= 15 is 0 Å². The van der Waals surface area contributed by atoms with Gasteiger partial charge in [0.25, 0.3) is 0 Å². The Labute approximate surface area is 197 Å². The van der Waals surface area contributed by atoms with E-state index in [9.17, 15) is 13.2 Å². The number of halogens is 3. The molecule has 4 nitrogen and oxygen atoms in total. The summed E-state index contributed by atoms with van der Waals surface area (Å²) < 4.78 is 39.0. The van der Waals surface area contributed by atoms with Crippen LogP contribution in [-0.4, -0.2) is 21.0 Å². The lowest BCUT2D eigenvalue weighted by atomic mass is 9.99. The van der Waals surface area contributed by atoms with Gasteiger partial charge in [0.1, 0.15) is 5.82 Å². The van der Waals surface area contributed by atoms with Crippen LogP contribution in [-0.2, 0) is 32.7 Å². The number of imidazole rings is 1. The quantitative estimate of drug-likeness (QED) is 0.327. The predicted octanol–water partition coefficient (Wildman–Crippen LogP) is 7.03. The van der Waals surface area contributed by atoms with Crippen molar-refractivity contribution in [2.75, 3.05) is 6.54 Å². The van der Waals surface area contributed by atoms with E-state index in [1.807, 2.05) is 61.9 Å². The largest absolute Gasteiger partial charge is 0.699 e. The average Bonchev–Trinajstić information content (AvgIpc) is 3.24. The van der Waals surface area contributed by atoms with Crippen molar-refractivity contribution in [2.24, 2.45) is 7.05 Å². The third kappa shape index (κ3) is 5.85. The molecule has 2 heterocycles. The van der Waals surface area contributed by atoms with Crippen molar-refractivity contribution >= 4 is 5.69 Å². The van der Waals surface area contributed by atoms with Gasteiger partial charge in [0.05, 0.1) is 12.1 Å². The highest BCUT2D eigenvalue weighted by atomic mass is 19.4. The van der Waals surface area contributed by atoms with Crippen molar-refractivity contribution in [1.29, 1.82) is 0 Å². The molecule has 176 valence electrons. The van der Waals surface area contributed by atoms with Crippen molar-refractivity contribution in [3.63, 3.8) is 0 Å². The number of hydrogen-bond acceptors (Lipinski definition) is 2. The van der Waals surface area contributed by atoms with Crippen LogP contribution in [0.4, 0.5) is 18.9 Å². The fourth-order valence-corrected chi connectivity index (χ4v) is 3.98. The summed E-state index contributed by atoms with van der Waals surface area (Å²) in [7, 11) is 2.03. The highest BCUT2D eigenvalue weighted by molar-refractivity contribution is 5.63. The van der Waals surface area contributed by atoms with Gasteiger partial charge < -0.3 is 10.3 Å². The molecule has 0 atom stereocenters. The molecule has 0 unspecified atom stereocenters. The maximum absolute atomic E-state index is 12.3. The zero-order valence-electron chi connectivity index (χ0n) is 18.9. The van der Waals surface area contributed by atoms with Crippen molar-refractivity contribution in [3.05, 3.63) is 113 Å². The van der Waals surface area contributed by atoms with Crippen molar-refractivity contribution in [3.8, 4) is 11.1 Å². The number of aromatic nitrogens is 2. The Kier molecular flexibility index (Phi) is 7.03. The fraction of sp³-hybridized carbons (Fsp3) is 0.222. The normalized spacial score (nSPS) is 13.6. The van der Waals surface area contributed by atoms with E-state index in [0.717, 1.165) is 55.1 Å². The summed E-state index contributed by atoms with van der Waals surface area (Å²) in [5.41, 5.74) is 12.0. The Morgan fingerprint density at radius 1 is 0.912 bits per heavy atom. The number of benzene rings is 3. The van der Waals surface area contributed by atoms with Crippen LogP contribution in [0.15, 0.2) is 85.2 Å². The molecule has 7 heteroatoms. The van der Waals surface area contributed by atoms with Gasteiger partial charge in [-0.25, -0.2) is 4.98 Å². The van der Waals surface area contributed by atoms with E-state index < -0.39 is 11.7 Å². The number of hydrogen-bond donors (Lipinski definition) is 0. The van der Waals surface area contributed by atoms with Gasteiger partial charge in [-0.1, -0.05) is 60.7 Å². The van der Waals surface area contributed by atoms with E-state index in [2.05, 4.69) is 20.5 Å². The SMILES string of the molecule is Cn1ccnc1CN1CCc2cc([NH-])ccc2C1.FC(F)(F)c1ccc(-c2ccccc2)cc1. The molecule has 1 aromatic heterocycles. The second kappa shape index (κ2) is 10.1. The van der Waals surface area contributed by atoms with Crippen molar-refractivity contribution in [1.82, 2.24) is 14.5 Å². The monoisotopic (exact) mass is 463 g/mol. The highest BCUT2D eigenvalue weighted by Crippen LogP contribution is 2.31. The lowest BCUT2D eigenvalue weighted by Gasteiger charge is -2.29. The zero-order chi connectivity index (χ0) is 24.1. The second-order valence-electron chi connectivity index (χ2n) is 8.34. The molecular formula is C27H26F3N4-. The summed E-state index contributed by atoms with van der Waals surface area (Å²) in [5, 5.41) is 0. The number of nitrogens with one attached hydrogen (secondary N) is 1. The minimum absolute atomic E-state index is 0.617. The van der Waals surface area contributed by atoms with E-state index in [1.54, 1.807) is 0 Å². The van der Waals surface area contributed by atoms with Gasteiger partial charge in [0, 0.05) is 32.5 Å². The molecule has 34 heavy (non-hydrogen) atoms. The van der Waals surface area contributed by atoms with E-state index in [4.69, 9.17) is 5.73 Å². The lowest BCUT2D eigenvalue weighted by molar-refractivity contribution is -0.137. The van der Waals surface area contributed by atoms with Crippen LogP contribution >= 0.6 is 0 Å². The van der Waals surface area contributed by atoms with Crippen LogP contribution in [0.25, 0.3) is 16.9 Å². The summed E-state index contributed by atoms with van der Waals surface area (Å²) in [5.74, 6) is 1.11. The van der Waals surface area contributed by atoms with Gasteiger partial charge >= 0.3 is 6.18 Å². The van der Waals surface area contributed by atoms with E-state index in [-0.39, 0.29) is 0 Å². The Bertz CT molecular complexity index is 1210. The van der Waals surface area contributed by atoms with Crippen LogP contribution in [0.1, 0.15) is 22.5 Å². The molecule has 0 aliphatic carbocycles. The summed E-state index contributed by atoms with van der Waals surface area (Å²) in [6, 6.07) is 20.4. The van der Waals surface area contributed by atoms with Gasteiger partial charge in [0.2, 0.25) is 0 Å². The first-order valence-electron chi connectivity index (χ1n) is 11.0. The van der Waals surface area contributed by atoms with Crippen LogP contribution in [0, 0.1) is 0 Å². The topological polar surface area (TPSA) is 44.9 Å². The van der Waals surface area contributed by atoms with Gasteiger partial charge in [0.15, 0.2) is 0 Å². The average molecular weight is 464 g/mol. The number of fused-ring (bicyclic) bond motifs is 1. The molecule has 0 saturated heterocycles. The minimum atomic E-state index is -4.27. The first-order valence-corrected chi connectivity index (χ1v) is 11.0. The van der Waals surface area contributed by atoms with Gasteiger partial charge in [-0.15, -0.1) is 5.69 Å². The van der Waals surface area contributed by atoms with Crippen LogP contribution in [0.3, 0.4) is 0 Å².